The molecular formula is C13H12Cl2N2. The molecule has 1 heterocycles. The molecule has 0 aliphatic heterocycles. The fourth-order valence-corrected chi connectivity index (χ4v) is 2.06. The van der Waals surface area contributed by atoms with Crippen molar-refractivity contribution in [3.05, 3.63) is 57.2 Å². The molecule has 17 heavy (non-hydrogen) atoms. The van der Waals surface area contributed by atoms with Gasteiger partial charge in [0.25, 0.3) is 0 Å². The van der Waals surface area contributed by atoms with E-state index >= 15 is 0 Å². The number of nitrogen functional groups attached to an aromatic ring is 1. The molecule has 0 radical (unpaired) electrons. The smallest absolute Gasteiger partial charge is 0.126 e. The van der Waals surface area contributed by atoms with E-state index in [1.807, 2.05) is 25.1 Å². The van der Waals surface area contributed by atoms with Crippen molar-refractivity contribution in [2.45, 2.75) is 13.3 Å². The zero-order chi connectivity index (χ0) is 12.4. The Hall–Kier alpha value is -1.25. The second-order valence-corrected chi connectivity index (χ2v) is 4.73. The number of pyridine rings is 1. The zero-order valence-electron chi connectivity index (χ0n) is 9.37. The number of hydrogen-bond donors (Lipinski definition) is 1. The number of hydrogen-bond acceptors (Lipinski definition) is 2. The SMILES string of the molecule is Cc1cnc(N)c(Cc2cccc(Cl)c2Cl)c1. The van der Waals surface area contributed by atoms with E-state index in [0.717, 1.165) is 16.7 Å². The van der Waals surface area contributed by atoms with E-state index in [1.54, 1.807) is 12.3 Å². The van der Waals surface area contributed by atoms with Crippen LogP contribution >= 0.6 is 23.2 Å². The van der Waals surface area contributed by atoms with Crippen LogP contribution in [0.1, 0.15) is 16.7 Å². The van der Waals surface area contributed by atoms with Gasteiger partial charge in [-0.2, -0.15) is 0 Å². The molecular weight excluding hydrogens is 255 g/mol. The van der Waals surface area contributed by atoms with Crippen molar-refractivity contribution in [2.75, 3.05) is 5.73 Å². The molecule has 0 unspecified atom stereocenters. The number of anilines is 1. The van der Waals surface area contributed by atoms with E-state index in [0.29, 0.717) is 22.3 Å². The summed E-state index contributed by atoms with van der Waals surface area (Å²) in [6.07, 6.45) is 2.39. The molecule has 2 rings (SSSR count). The molecule has 2 N–H and O–H groups in total. The molecule has 0 spiro atoms. The zero-order valence-corrected chi connectivity index (χ0v) is 10.9. The van der Waals surface area contributed by atoms with Crippen LogP contribution < -0.4 is 5.73 Å². The van der Waals surface area contributed by atoms with E-state index in [1.165, 1.54) is 0 Å². The quantitative estimate of drug-likeness (QED) is 0.897. The fourth-order valence-electron chi connectivity index (χ4n) is 1.67. The van der Waals surface area contributed by atoms with Crippen LogP contribution in [0.5, 0.6) is 0 Å². The number of halogens is 2. The van der Waals surface area contributed by atoms with Crippen molar-refractivity contribution in [3.8, 4) is 0 Å². The van der Waals surface area contributed by atoms with Crippen molar-refractivity contribution < 1.29 is 0 Å². The lowest BCUT2D eigenvalue weighted by Crippen LogP contribution is -2.00. The minimum atomic E-state index is 0.534. The molecule has 0 aliphatic rings. The highest BCUT2D eigenvalue weighted by Crippen LogP contribution is 2.28. The Morgan fingerprint density at radius 2 is 2.00 bits per heavy atom. The van der Waals surface area contributed by atoms with Crippen molar-refractivity contribution in [1.29, 1.82) is 0 Å². The summed E-state index contributed by atoms with van der Waals surface area (Å²) >= 11 is 12.1. The molecule has 0 fully saturated rings. The maximum Gasteiger partial charge on any atom is 0.126 e. The Balaban J connectivity index is 2.38. The summed E-state index contributed by atoms with van der Waals surface area (Å²) in [5, 5.41) is 1.14. The van der Waals surface area contributed by atoms with Crippen molar-refractivity contribution in [2.24, 2.45) is 0 Å². The van der Waals surface area contributed by atoms with E-state index in [4.69, 9.17) is 28.9 Å². The molecule has 2 nitrogen and oxygen atoms in total. The second kappa shape index (κ2) is 4.94. The fraction of sp³-hybridized carbons (Fsp3) is 0.154. The minimum Gasteiger partial charge on any atom is -0.383 e. The van der Waals surface area contributed by atoms with Gasteiger partial charge in [-0.25, -0.2) is 4.98 Å². The second-order valence-electron chi connectivity index (χ2n) is 3.95. The Morgan fingerprint density at radius 1 is 1.24 bits per heavy atom. The van der Waals surface area contributed by atoms with Gasteiger partial charge in [-0.05, 0) is 29.7 Å². The predicted molar refractivity (Wildman–Crippen MR) is 72.7 cm³/mol. The highest BCUT2D eigenvalue weighted by Gasteiger charge is 2.08. The Morgan fingerprint density at radius 3 is 2.76 bits per heavy atom. The van der Waals surface area contributed by atoms with Crippen molar-refractivity contribution in [1.82, 2.24) is 4.98 Å². The summed E-state index contributed by atoms with van der Waals surface area (Å²) < 4.78 is 0. The third-order valence-corrected chi connectivity index (χ3v) is 3.41. The lowest BCUT2D eigenvalue weighted by Gasteiger charge is -2.08. The molecule has 0 bridgehead atoms. The standard InChI is InChI=1S/C13H12Cl2N2/c1-8-5-10(13(16)17-7-8)6-9-3-2-4-11(14)12(9)15/h2-5,7H,6H2,1H3,(H2,16,17). The summed E-state index contributed by atoms with van der Waals surface area (Å²) in [6.45, 7) is 1.98. The maximum absolute atomic E-state index is 6.14. The van der Waals surface area contributed by atoms with Crippen LogP contribution in [0, 0.1) is 6.92 Å². The Kier molecular flexibility index (Phi) is 3.55. The Labute approximate surface area is 110 Å². The van der Waals surface area contributed by atoms with Gasteiger partial charge in [0.2, 0.25) is 0 Å². The molecule has 4 heteroatoms. The monoisotopic (exact) mass is 266 g/mol. The van der Waals surface area contributed by atoms with Crippen LogP contribution in [0.25, 0.3) is 0 Å². The average Bonchev–Trinajstić information content (AvgIpc) is 2.30. The Bertz CT molecular complexity index is 553. The van der Waals surface area contributed by atoms with Crippen LogP contribution in [0.2, 0.25) is 10.0 Å². The van der Waals surface area contributed by atoms with Gasteiger partial charge in [0, 0.05) is 12.6 Å². The molecule has 2 aromatic rings. The number of nitrogens with zero attached hydrogens (tertiary/aromatic N) is 1. The van der Waals surface area contributed by atoms with Crippen LogP contribution in [0.15, 0.2) is 30.5 Å². The third-order valence-electron chi connectivity index (χ3n) is 2.55. The van der Waals surface area contributed by atoms with Crippen LogP contribution in [0.3, 0.4) is 0 Å². The topological polar surface area (TPSA) is 38.9 Å². The first-order chi connectivity index (χ1) is 8.08. The lowest BCUT2D eigenvalue weighted by atomic mass is 10.0. The first kappa shape index (κ1) is 12.2. The average molecular weight is 267 g/mol. The summed E-state index contributed by atoms with van der Waals surface area (Å²) in [4.78, 5) is 4.13. The van der Waals surface area contributed by atoms with E-state index in [2.05, 4.69) is 4.98 Å². The summed E-state index contributed by atoms with van der Waals surface area (Å²) in [5.74, 6) is 0.534. The first-order valence-corrected chi connectivity index (χ1v) is 5.97. The van der Waals surface area contributed by atoms with E-state index in [9.17, 15) is 0 Å². The number of nitrogens with two attached hydrogens (primary N) is 1. The molecule has 0 amide bonds. The molecule has 0 saturated heterocycles. The van der Waals surface area contributed by atoms with Crippen molar-refractivity contribution in [3.63, 3.8) is 0 Å². The van der Waals surface area contributed by atoms with Crippen LogP contribution in [-0.4, -0.2) is 4.98 Å². The van der Waals surface area contributed by atoms with Gasteiger partial charge < -0.3 is 5.73 Å². The van der Waals surface area contributed by atoms with Gasteiger partial charge in [-0.3, -0.25) is 0 Å². The predicted octanol–water partition coefficient (Wildman–Crippen LogP) is 3.87. The summed E-state index contributed by atoms with van der Waals surface area (Å²) in [6, 6.07) is 7.60. The molecule has 1 aromatic carbocycles. The largest absolute Gasteiger partial charge is 0.383 e. The number of aryl methyl sites for hydroxylation is 1. The molecule has 1 aromatic heterocycles. The third kappa shape index (κ3) is 2.71. The lowest BCUT2D eigenvalue weighted by molar-refractivity contribution is 1.14. The maximum atomic E-state index is 6.14. The molecule has 88 valence electrons. The first-order valence-electron chi connectivity index (χ1n) is 5.22. The number of aromatic nitrogens is 1. The molecule has 0 atom stereocenters. The minimum absolute atomic E-state index is 0.534. The van der Waals surface area contributed by atoms with E-state index < -0.39 is 0 Å². The molecule has 0 aliphatic carbocycles. The normalized spacial score (nSPS) is 10.5. The van der Waals surface area contributed by atoms with E-state index in [-0.39, 0.29) is 0 Å². The van der Waals surface area contributed by atoms with Gasteiger partial charge in [-0.1, -0.05) is 41.4 Å². The van der Waals surface area contributed by atoms with Gasteiger partial charge in [0.05, 0.1) is 10.0 Å². The van der Waals surface area contributed by atoms with Gasteiger partial charge >= 0.3 is 0 Å². The van der Waals surface area contributed by atoms with Gasteiger partial charge in [0.1, 0.15) is 5.82 Å². The van der Waals surface area contributed by atoms with Gasteiger partial charge in [0.15, 0.2) is 0 Å². The summed E-state index contributed by atoms with van der Waals surface area (Å²) in [7, 11) is 0. The van der Waals surface area contributed by atoms with Crippen molar-refractivity contribution >= 4 is 29.0 Å². The summed E-state index contributed by atoms with van der Waals surface area (Å²) in [5.41, 5.74) is 8.84. The number of rotatable bonds is 2. The highest BCUT2D eigenvalue weighted by atomic mass is 35.5. The van der Waals surface area contributed by atoms with Crippen LogP contribution in [-0.2, 0) is 6.42 Å². The molecule has 0 saturated carbocycles. The highest BCUT2D eigenvalue weighted by molar-refractivity contribution is 6.42. The number of benzene rings is 1. The van der Waals surface area contributed by atoms with Gasteiger partial charge in [-0.15, -0.1) is 0 Å². The van der Waals surface area contributed by atoms with Crippen LogP contribution in [0.4, 0.5) is 5.82 Å².